The SMILES string of the molecule is CC(=O)[C@H](CC(=O)c1c(O)c2ccccc2n(-c2ccccc2)c1=O)Sc1nnc(N)s1. The highest BCUT2D eigenvalue weighted by Crippen LogP contribution is 2.33. The van der Waals surface area contributed by atoms with E-state index in [-0.39, 0.29) is 22.9 Å². The first-order valence-electron chi connectivity index (χ1n) is 9.58. The summed E-state index contributed by atoms with van der Waals surface area (Å²) in [5.74, 6) is -1.29. The van der Waals surface area contributed by atoms with Gasteiger partial charge < -0.3 is 10.8 Å². The van der Waals surface area contributed by atoms with Crippen molar-refractivity contribution in [2.75, 3.05) is 5.73 Å². The first kappa shape index (κ1) is 21.7. The van der Waals surface area contributed by atoms with E-state index < -0.39 is 22.3 Å². The molecular formula is C22H18N4O4S2. The summed E-state index contributed by atoms with van der Waals surface area (Å²) in [6.07, 6.45) is -0.282. The molecule has 0 aliphatic carbocycles. The van der Waals surface area contributed by atoms with Crippen LogP contribution in [-0.4, -0.2) is 36.7 Å². The number of pyridine rings is 1. The summed E-state index contributed by atoms with van der Waals surface area (Å²) in [6.45, 7) is 1.36. The van der Waals surface area contributed by atoms with Crippen molar-refractivity contribution in [2.45, 2.75) is 22.9 Å². The summed E-state index contributed by atoms with van der Waals surface area (Å²) in [7, 11) is 0. The molecule has 0 bridgehead atoms. The number of hydrogen-bond acceptors (Lipinski definition) is 9. The molecule has 3 N–H and O–H groups in total. The number of rotatable bonds is 7. The number of carbonyl (C=O) groups excluding carboxylic acids is 2. The number of carbonyl (C=O) groups is 2. The minimum atomic E-state index is -0.801. The van der Waals surface area contributed by atoms with E-state index >= 15 is 0 Å². The second-order valence-electron chi connectivity index (χ2n) is 6.97. The van der Waals surface area contributed by atoms with Crippen LogP contribution in [0.5, 0.6) is 5.75 Å². The zero-order valence-electron chi connectivity index (χ0n) is 16.9. The van der Waals surface area contributed by atoms with Crippen LogP contribution >= 0.6 is 23.1 Å². The van der Waals surface area contributed by atoms with E-state index in [0.29, 0.717) is 20.9 Å². The van der Waals surface area contributed by atoms with Crippen LogP contribution in [0.3, 0.4) is 0 Å². The molecule has 8 nitrogen and oxygen atoms in total. The molecule has 0 saturated heterocycles. The number of para-hydroxylation sites is 2. The quantitative estimate of drug-likeness (QED) is 0.313. The number of anilines is 1. The molecule has 0 spiro atoms. The molecule has 0 unspecified atom stereocenters. The Kier molecular flexibility index (Phi) is 6.06. The second-order valence-corrected chi connectivity index (χ2v) is 9.43. The monoisotopic (exact) mass is 466 g/mol. The molecule has 4 rings (SSSR count). The molecule has 32 heavy (non-hydrogen) atoms. The van der Waals surface area contributed by atoms with E-state index in [0.717, 1.165) is 23.1 Å². The Morgan fingerprint density at radius 2 is 1.81 bits per heavy atom. The average molecular weight is 467 g/mol. The van der Waals surface area contributed by atoms with E-state index in [4.69, 9.17) is 5.73 Å². The molecule has 2 heterocycles. The molecule has 0 radical (unpaired) electrons. The maximum atomic E-state index is 13.4. The van der Waals surface area contributed by atoms with Crippen molar-refractivity contribution in [3.63, 3.8) is 0 Å². The molecule has 10 heteroatoms. The van der Waals surface area contributed by atoms with Crippen molar-refractivity contribution < 1.29 is 14.7 Å². The third-order valence-electron chi connectivity index (χ3n) is 4.84. The summed E-state index contributed by atoms with van der Waals surface area (Å²) in [5, 5.41) is 18.3. The highest BCUT2D eigenvalue weighted by molar-refractivity contribution is 8.02. The predicted octanol–water partition coefficient (Wildman–Crippen LogP) is 3.45. The van der Waals surface area contributed by atoms with Gasteiger partial charge in [-0.3, -0.25) is 19.0 Å². The van der Waals surface area contributed by atoms with Crippen LogP contribution in [0.1, 0.15) is 23.7 Å². The topological polar surface area (TPSA) is 128 Å². The fraction of sp³-hybridized carbons (Fsp3) is 0.136. The smallest absolute Gasteiger partial charge is 0.270 e. The lowest BCUT2D eigenvalue weighted by Gasteiger charge is -2.16. The molecule has 2 aromatic heterocycles. The van der Waals surface area contributed by atoms with E-state index in [1.54, 1.807) is 48.5 Å². The van der Waals surface area contributed by atoms with Crippen molar-refractivity contribution in [1.29, 1.82) is 0 Å². The third kappa shape index (κ3) is 4.14. The van der Waals surface area contributed by atoms with Crippen molar-refractivity contribution in [1.82, 2.24) is 14.8 Å². The molecule has 2 aromatic carbocycles. The Morgan fingerprint density at radius 3 is 2.47 bits per heavy atom. The zero-order chi connectivity index (χ0) is 22.8. The van der Waals surface area contributed by atoms with Crippen LogP contribution in [0.25, 0.3) is 16.6 Å². The molecule has 0 amide bonds. The van der Waals surface area contributed by atoms with Crippen molar-refractivity contribution in [3.05, 3.63) is 70.5 Å². The number of hydrogen-bond donors (Lipinski definition) is 2. The van der Waals surface area contributed by atoms with Crippen LogP contribution < -0.4 is 11.3 Å². The number of nitrogens with two attached hydrogens (primary N) is 1. The van der Waals surface area contributed by atoms with Crippen LogP contribution in [-0.2, 0) is 4.79 Å². The molecule has 4 aromatic rings. The Balaban J connectivity index is 1.80. The first-order chi connectivity index (χ1) is 15.4. The van der Waals surface area contributed by atoms with Gasteiger partial charge in [-0.1, -0.05) is 53.4 Å². The lowest BCUT2D eigenvalue weighted by atomic mass is 10.0. The highest BCUT2D eigenvalue weighted by Gasteiger charge is 2.28. The number of fused-ring (bicyclic) bond motifs is 1. The van der Waals surface area contributed by atoms with E-state index in [1.165, 1.54) is 11.5 Å². The van der Waals surface area contributed by atoms with Gasteiger partial charge in [0.2, 0.25) is 5.13 Å². The van der Waals surface area contributed by atoms with E-state index in [1.807, 2.05) is 6.07 Å². The number of thioether (sulfide) groups is 1. The Labute approximate surface area is 190 Å². The highest BCUT2D eigenvalue weighted by atomic mass is 32.2. The lowest BCUT2D eigenvalue weighted by molar-refractivity contribution is -0.116. The number of aromatic nitrogens is 3. The van der Waals surface area contributed by atoms with Crippen molar-refractivity contribution in [2.24, 2.45) is 0 Å². The Bertz CT molecular complexity index is 1380. The van der Waals surface area contributed by atoms with Crippen molar-refractivity contribution in [3.8, 4) is 11.4 Å². The first-order valence-corrected chi connectivity index (χ1v) is 11.3. The number of nitrogen functional groups attached to an aromatic ring is 1. The average Bonchev–Trinajstić information content (AvgIpc) is 3.19. The molecule has 0 fully saturated rings. The molecule has 1 atom stereocenters. The van der Waals surface area contributed by atoms with Gasteiger partial charge in [-0.2, -0.15) is 0 Å². The summed E-state index contributed by atoms with van der Waals surface area (Å²) >= 11 is 2.16. The molecule has 0 saturated carbocycles. The van der Waals surface area contributed by atoms with Gasteiger partial charge in [0.15, 0.2) is 10.1 Å². The van der Waals surface area contributed by atoms with E-state index in [9.17, 15) is 19.5 Å². The van der Waals surface area contributed by atoms with Gasteiger partial charge in [-0.05, 0) is 31.2 Å². The van der Waals surface area contributed by atoms with E-state index in [2.05, 4.69) is 10.2 Å². The summed E-state index contributed by atoms with van der Waals surface area (Å²) in [6, 6.07) is 15.7. The maximum Gasteiger partial charge on any atom is 0.270 e. The normalized spacial score (nSPS) is 12.0. The minimum absolute atomic E-state index is 0.249. The van der Waals surface area contributed by atoms with Gasteiger partial charge >= 0.3 is 0 Å². The van der Waals surface area contributed by atoms with Crippen LogP contribution in [0.4, 0.5) is 5.13 Å². The summed E-state index contributed by atoms with van der Waals surface area (Å²) in [5.41, 5.74) is 5.62. The van der Waals surface area contributed by atoms with Crippen LogP contribution in [0.2, 0.25) is 0 Å². The maximum absolute atomic E-state index is 13.4. The third-order valence-corrected chi connectivity index (χ3v) is 6.99. The van der Waals surface area contributed by atoms with Gasteiger partial charge in [0.05, 0.1) is 10.8 Å². The number of Topliss-reactive ketones (excluding diaryl/α,β-unsaturated/α-hetero) is 2. The molecular weight excluding hydrogens is 448 g/mol. The largest absolute Gasteiger partial charge is 0.506 e. The molecule has 0 aliphatic heterocycles. The Hall–Kier alpha value is -3.50. The lowest BCUT2D eigenvalue weighted by Crippen LogP contribution is -2.28. The Morgan fingerprint density at radius 1 is 1.12 bits per heavy atom. The van der Waals surface area contributed by atoms with Crippen LogP contribution in [0.15, 0.2) is 63.7 Å². The van der Waals surface area contributed by atoms with Gasteiger partial charge in [-0.25, -0.2) is 0 Å². The fourth-order valence-electron chi connectivity index (χ4n) is 3.34. The van der Waals surface area contributed by atoms with Gasteiger partial charge in [0.1, 0.15) is 17.1 Å². The minimum Gasteiger partial charge on any atom is -0.506 e. The van der Waals surface area contributed by atoms with Gasteiger partial charge in [0, 0.05) is 17.5 Å². The summed E-state index contributed by atoms with van der Waals surface area (Å²) < 4.78 is 1.84. The van der Waals surface area contributed by atoms with Crippen LogP contribution in [0, 0.1) is 0 Å². The zero-order valence-corrected chi connectivity index (χ0v) is 18.5. The number of ketones is 2. The molecule has 162 valence electrons. The standard InChI is InChI=1S/C22H18N4O4S2/c1-12(27)17(31-22-25-24-21(23)32-22)11-16(28)18-19(29)14-9-5-6-10-15(14)26(20(18)30)13-7-3-2-4-8-13/h2-10,17,29H,11H2,1H3,(H2,23,24)/t17-/m0/s1. The predicted molar refractivity (Wildman–Crippen MR) is 125 cm³/mol. The number of nitrogens with zero attached hydrogens (tertiary/aromatic N) is 3. The summed E-state index contributed by atoms with van der Waals surface area (Å²) in [4.78, 5) is 38.8. The van der Waals surface area contributed by atoms with Gasteiger partial charge in [-0.15, -0.1) is 10.2 Å². The van der Waals surface area contributed by atoms with Gasteiger partial charge in [0.25, 0.3) is 5.56 Å². The number of aromatic hydroxyl groups is 1. The fourth-order valence-corrected chi connectivity index (χ4v) is 5.21. The van der Waals surface area contributed by atoms with Crippen molar-refractivity contribution >= 4 is 50.7 Å². The second kappa shape index (κ2) is 8.93. The number of benzene rings is 2. The molecule has 0 aliphatic rings.